The van der Waals surface area contributed by atoms with E-state index >= 15 is 0 Å². The lowest BCUT2D eigenvalue weighted by Gasteiger charge is -2.13. The third-order valence-corrected chi connectivity index (χ3v) is 2.93. The highest BCUT2D eigenvalue weighted by Crippen LogP contribution is 2.32. The fourth-order valence-electron chi connectivity index (χ4n) is 1.73. The molecule has 0 aliphatic heterocycles. The van der Waals surface area contributed by atoms with Crippen molar-refractivity contribution in [3.8, 4) is 0 Å². The Balaban J connectivity index is 2.24. The summed E-state index contributed by atoms with van der Waals surface area (Å²) in [4.78, 5) is 3.87. The Morgan fingerprint density at radius 2 is 2.14 bits per heavy atom. The van der Waals surface area contributed by atoms with E-state index in [1.807, 2.05) is 0 Å². The van der Waals surface area contributed by atoms with E-state index in [0.29, 0.717) is 17.3 Å². The number of aryl methyl sites for hydroxylation is 1. The Morgan fingerprint density at radius 1 is 1.43 bits per heavy atom. The first kappa shape index (κ1) is 15.3. The quantitative estimate of drug-likeness (QED) is 0.848. The first-order valence-electron chi connectivity index (χ1n) is 5.93. The monoisotopic (exact) mass is 315 g/mol. The first-order chi connectivity index (χ1) is 9.77. The molecule has 1 aromatic heterocycles. The van der Waals surface area contributed by atoms with Gasteiger partial charge in [-0.25, -0.2) is 4.98 Å². The molecule has 0 aliphatic carbocycles. The number of hydrogen-bond acceptors (Lipinski definition) is 4. The molecule has 21 heavy (non-hydrogen) atoms. The minimum atomic E-state index is -4.45. The van der Waals surface area contributed by atoms with Crippen LogP contribution in [0.5, 0.6) is 0 Å². The number of rotatable bonds is 4. The smallest absolute Gasteiger partial charge is 0.416 e. The van der Waals surface area contributed by atoms with Crippen LogP contribution in [-0.2, 0) is 12.7 Å². The normalized spacial score (nSPS) is 11.4. The molecule has 1 heterocycles. The van der Waals surface area contributed by atoms with E-state index in [0.717, 1.165) is 12.1 Å². The SMILES string of the molecule is Cc1cnc(CNc2ccc(C(F)(F)F)cc2C(N)=S)o1. The van der Waals surface area contributed by atoms with Crippen LogP contribution in [0.3, 0.4) is 0 Å². The van der Waals surface area contributed by atoms with Gasteiger partial charge in [-0.15, -0.1) is 0 Å². The number of alkyl halides is 3. The largest absolute Gasteiger partial charge is 0.444 e. The van der Waals surface area contributed by atoms with Crippen molar-refractivity contribution in [3.05, 3.63) is 47.2 Å². The molecule has 8 heteroatoms. The van der Waals surface area contributed by atoms with Crippen molar-refractivity contribution >= 4 is 22.9 Å². The van der Waals surface area contributed by atoms with Crippen LogP contribution in [0.4, 0.5) is 18.9 Å². The van der Waals surface area contributed by atoms with Gasteiger partial charge in [0.1, 0.15) is 10.7 Å². The van der Waals surface area contributed by atoms with E-state index in [1.165, 1.54) is 6.07 Å². The second-order valence-corrected chi connectivity index (χ2v) is 4.78. The fourth-order valence-corrected chi connectivity index (χ4v) is 1.90. The summed E-state index contributed by atoms with van der Waals surface area (Å²) >= 11 is 4.80. The number of oxazole rings is 1. The van der Waals surface area contributed by atoms with Crippen LogP contribution >= 0.6 is 12.2 Å². The second-order valence-electron chi connectivity index (χ2n) is 4.34. The van der Waals surface area contributed by atoms with Gasteiger partial charge in [-0.2, -0.15) is 13.2 Å². The van der Waals surface area contributed by atoms with Crippen LogP contribution < -0.4 is 11.1 Å². The molecule has 4 nitrogen and oxygen atoms in total. The Morgan fingerprint density at radius 3 is 2.67 bits per heavy atom. The van der Waals surface area contributed by atoms with E-state index in [1.54, 1.807) is 13.1 Å². The van der Waals surface area contributed by atoms with E-state index in [-0.39, 0.29) is 17.1 Å². The number of nitrogens with zero attached hydrogens (tertiary/aromatic N) is 1. The maximum absolute atomic E-state index is 12.7. The number of benzene rings is 1. The van der Waals surface area contributed by atoms with Gasteiger partial charge in [0.05, 0.1) is 18.3 Å². The van der Waals surface area contributed by atoms with E-state index in [2.05, 4.69) is 10.3 Å². The van der Waals surface area contributed by atoms with Crippen molar-refractivity contribution < 1.29 is 17.6 Å². The van der Waals surface area contributed by atoms with Gasteiger partial charge in [0.25, 0.3) is 0 Å². The highest BCUT2D eigenvalue weighted by Gasteiger charge is 2.31. The molecule has 2 aromatic rings. The molecule has 0 unspecified atom stereocenters. The van der Waals surface area contributed by atoms with Crippen LogP contribution in [0.15, 0.2) is 28.8 Å². The average molecular weight is 315 g/mol. The summed E-state index contributed by atoms with van der Waals surface area (Å²) in [6.45, 7) is 1.96. The number of anilines is 1. The van der Waals surface area contributed by atoms with Crippen molar-refractivity contribution in [2.45, 2.75) is 19.6 Å². The Bertz CT molecular complexity index is 667. The molecule has 112 valence electrons. The predicted molar refractivity (Wildman–Crippen MR) is 75.9 cm³/mol. The third kappa shape index (κ3) is 3.72. The highest BCUT2D eigenvalue weighted by molar-refractivity contribution is 7.80. The molecule has 0 atom stereocenters. The molecule has 0 amide bonds. The second kappa shape index (κ2) is 5.72. The van der Waals surface area contributed by atoms with Crippen molar-refractivity contribution in [2.24, 2.45) is 5.73 Å². The number of thiocarbonyl (C=S) groups is 1. The molecular formula is C13H12F3N3OS. The minimum absolute atomic E-state index is 0.118. The van der Waals surface area contributed by atoms with Gasteiger partial charge < -0.3 is 15.5 Å². The van der Waals surface area contributed by atoms with Gasteiger partial charge in [0.2, 0.25) is 5.89 Å². The summed E-state index contributed by atoms with van der Waals surface area (Å²) in [7, 11) is 0. The van der Waals surface area contributed by atoms with Crippen molar-refractivity contribution in [3.63, 3.8) is 0 Å². The molecule has 0 saturated heterocycles. The molecule has 1 aromatic carbocycles. The van der Waals surface area contributed by atoms with Gasteiger partial charge in [-0.3, -0.25) is 0 Å². The molecule has 0 saturated carbocycles. The summed E-state index contributed by atoms with van der Waals surface area (Å²) in [5.41, 5.74) is 5.20. The number of hydrogen-bond donors (Lipinski definition) is 2. The fraction of sp³-hybridized carbons (Fsp3) is 0.231. The van der Waals surface area contributed by atoms with Gasteiger partial charge in [-0.05, 0) is 25.1 Å². The van der Waals surface area contributed by atoms with Gasteiger partial charge >= 0.3 is 6.18 Å². The molecule has 3 N–H and O–H groups in total. The Labute approximate surface area is 124 Å². The lowest BCUT2D eigenvalue weighted by molar-refractivity contribution is -0.137. The third-order valence-electron chi connectivity index (χ3n) is 2.71. The van der Waals surface area contributed by atoms with Crippen LogP contribution in [0.2, 0.25) is 0 Å². The molecule has 0 aliphatic rings. The summed E-state index contributed by atoms with van der Waals surface area (Å²) in [5.74, 6) is 1.06. The van der Waals surface area contributed by atoms with Crippen LogP contribution in [0.1, 0.15) is 22.8 Å². The maximum Gasteiger partial charge on any atom is 0.416 e. The zero-order valence-electron chi connectivity index (χ0n) is 11.0. The zero-order valence-corrected chi connectivity index (χ0v) is 11.8. The van der Waals surface area contributed by atoms with E-state index < -0.39 is 11.7 Å². The van der Waals surface area contributed by atoms with Crippen LogP contribution in [0.25, 0.3) is 0 Å². The number of halogens is 3. The van der Waals surface area contributed by atoms with Crippen LogP contribution in [-0.4, -0.2) is 9.97 Å². The summed E-state index contributed by atoms with van der Waals surface area (Å²) < 4.78 is 43.3. The lowest BCUT2D eigenvalue weighted by atomic mass is 10.1. The van der Waals surface area contributed by atoms with Crippen molar-refractivity contribution in [2.75, 3.05) is 5.32 Å². The Kier molecular flexibility index (Phi) is 4.17. The molecule has 0 spiro atoms. The molecule has 0 bridgehead atoms. The van der Waals surface area contributed by atoms with Gasteiger partial charge in [-0.1, -0.05) is 12.2 Å². The lowest BCUT2D eigenvalue weighted by Crippen LogP contribution is -2.15. The number of nitrogens with two attached hydrogens (primary N) is 1. The number of nitrogens with one attached hydrogen (secondary N) is 1. The zero-order chi connectivity index (χ0) is 15.6. The topological polar surface area (TPSA) is 64.1 Å². The predicted octanol–water partition coefficient (Wildman–Crippen LogP) is 3.25. The maximum atomic E-state index is 12.7. The molecule has 2 rings (SSSR count). The standard InChI is InChI=1S/C13H12F3N3OS/c1-7-5-19-11(20-7)6-18-10-3-2-8(13(14,15)16)4-9(10)12(17)21/h2-5,18H,6H2,1H3,(H2,17,21). The van der Waals surface area contributed by atoms with Crippen molar-refractivity contribution in [1.82, 2.24) is 4.98 Å². The molecule has 0 fully saturated rings. The van der Waals surface area contributed by atoms with Crippen molar-refractivity contribution in [1.29, 1.82) is 0 Å². The molecular weight excluding hydrogens is 303 g/mol. The summed E-state index contributed by atoms with van der Waals surface area (Å²) in [6, 6.07) is 3.17. The summed E-state index contributed by atoms with van der Waals surface area (Å²) in [6.07, 6.45) is -2.89. The highest BCUT2D eigenvalue weighted by atomic mass is 32.1. The van der Waals surface area contributed by atoms with Gasteiger partial charge in [0.15, 0.2) is 0 Å². The van der Waals surface area contributed by atoms with E-state index in [4.69, 9.17) is 22.4 Å². The van der Waals surface area contributed by atoms with Crippen LogP contribution in [0, 0.1) is 6.92 Å². The first-order valence-corrected chi connectivity index (χ1v) is 6.34. The molecule has 0 radical (unpaired) electrons. The van der Waals surface area contributed by atoms with E-state index in [9.17, 15) is 13.2 Å². The number of aromatic nitrogens is 1. The van der Waals surface area contributed by atoms with Gasteiger partial charge in [0, 0.05) is 11.3 Å². The summed E-state index contributed by atoms with van der Waals surface area (Å²) in [5, 5.41) is 2.91. The Hall–Kier alpha value is -2.09. The average Bonchev–Trinajstić information content (AvgIpc) is 2.80. The minimum Gasteiger partial charge on any atom is -0.444 e.